The quantitative estimate of drug-likeness (QED) is 0.0732. The third kappa shape index (κ3) is 9.33. The van der Waals surface area contributed by atoms with Gasteiger partial charge in [0.25, 0.3) is 5.79 Å². The van der Waals surface area contributed by atoms with Gasteiger partial charge in [0.1, 0.15) is 36.6 Å². The van der Waals surface area contributed by atoms with E-state index < -0.39 is 122 Å². The number of hydrogen-bond donors (Lipinski definition) is 12. The molecule has 0 spiro atoms. The first kappa shape index (κ1) is 36.2. The third-order valence-corrected chi connectivity index (χ3v) is 6.22. The van der Waals surface area contributed by atoms with Gasteiger partial charge in [-0.15, -0.1) is 0 Å². The summed E-state index contributed by atoms with van der Waals surface area (Å²) in [6.07, 6.45) is -19.2. The molecule has 0 aromatic heterocycles. The molecule has 0 aromatic rings. The van der Waals surface area contributed by atoms with Crippen LogP contribution in [0.2, 0.25) is 0 Å². The van der Waals surface area contributed by atoms with Crippen LogP contribution in [0, 0.1) is 0 Å². The average molecular weight is 601 g/mol. The molecule has 41 heavy (non-hydrogen) atoms. The van der Waals surface area contributed by atoms with Crippen molar-refractivity contribution in [3.63, 3.8) is 0 Å². The lowest BCUT2D eigenvalue weighted by Crippen LogP contribution is -2.69. The number of aliphatic hydroxyl groups excluding tert-OH is 8. The van der Waals surface area contributed by atoms with E-state index in [-0.39, 0.29) is 0 Å². The molecular formula is C22H36N2O17. The number of carbonyl (C=O) groups excluding carboxylic acids is 3. The van der Waals surface area contributed by atoms with Crippen LogP contribution in [0.5, 0.6) is 0 Å². The second-order valence-electron chi connectivity index (χ2n) is 9.42. The van der Waals surface area contributed by atoms with Crippen LogP contribution in [-0.4, -0.2) is 161 Å². The molecule has 1 heterocycles. The van der Waals surface area contributed by atoms with Gasteiger partial charge in [-0.2, -0.15) is 0 Å². The standard InChI is InChI=1S/C22H36N2O17/c1-7(27)23-14(9(29)3-10(30)20(36)37)18(35)17(34)13(6-26)40-22(21(38)39)4-11(31)15(24-8(2)28)19(41-22)16(33)12(32)5-25/h9,11-19,25-26,29,31-35H,3-6H2,1-2H3,(H,23,27)(H,24,28)(H,36,37)(H,38,39)/t9?,11?,12?,13?,14?,15?,16?,17?,18?,19?,22-/m1/s1. The maximum absolute atomic E-state index is 12.3. The van der Waals surface area contributed by atoms with Crippen LogP contribution in [-0.2, 0) is 33.4 Å². The summed E-state index contributed by atoms with van der Waals surface area (Å²) < 4.78 is 10.6. The Kier molecular flexibility index (Phi) is 13.6. The highest BCUT2D eigenvalue weighted by atomic mass is 16.7. The van der Waals surface area contributed by atoms with Gasteiger partial charge < -0.3 is 71.2 Å². The molecular weight excluding hydrogens is 564 g/mol. The van der Waals surface area contributed by atoms with Crippen molar-refractivity contribution < 1.29 is 84.5 Å². The van der Waals surface area contributed by atoms with E-state index in [9.17, 15) is 69.9 Å². The van der Waals surface area contributed by atoms with Crippen LogP contribution < -0.4 is 10.6 Å². The molecule has 19 heteroatoms. The van der Waals surface area contributed by atoms with E-state index in [1.807, 2.05) is 5.32 Å². The van der Waals surface area contributed by atoms with Gasteiger partial charge in [-0.1, -0.05) is 0 Å². The first-order valence-electron chi connectivity index (χ1n) is 12.1. The number of hydrogen-bond acceptors (Lipinski definition) is 15. The smallest absolute Gasteiger partial charge is 0.372 e. The molecule has 19 nitrogen and oxygen atoms in total. The number of aliphatic carboxylic acids is 2. The Labute approximate surface area is 231 Å². The van der Waals surface area contributed by atoms with Crippen LogP contribution in [0.15, 0.2) is 0 Å². The molecule has 10 unspecified atom stereocenters. The van der Waals surface area contributed by atoms with E-state index in [4.69, 9.17) is 14.6 Å². The first-order valence-corrected chi connectivity index (χ1v) is 12.1. The van der Waals surface area contributed by atoms with Crippen molar-refractivity contribution in [2.45, 2.75) is 93.4 Å². The Bertz CT molecular complexity index is 949. The topological polar surface area (TPSA) is 330 Å². The average Bonchev–Trinajstić information content (AvgIpc) is 2.89. The van der Waals surface area contributed by atoms with Crippen LogP contribution in [0.3, 0.4) is 0 Å². The molecule has 0 saturated carbocycles. The van der Waals surface area contributed by atoms with Crippen molar-refractivity contribution in [2.24, 2.45) is 0 Å². The second kappa shape index (κ2) is 15.4. The maximum atomic E-state index is 12.3. The number of Topliss-reactive ketones (excluding diaryl/α,β-unsaturated/α-hetero) is 1. The van der Waals surface area contributed by atoms with Crippen molar-refractivity contribution in [2.75, 3.05) is 13.2 Å². The minimum absolute atomic E-state index is 0.771. The van der Waals surface area contributed by atoms with Crippen molar-refractivity contribution in [1.82, 2.24) is 10.6 Å². The molecule has 1 rings (SSSR count). The normalized spacial score (nSPS) is 27.8. The number of rotatable bonds is 16. The fourth-order valence-electron chi connectivity index (χ4n) is 4.19. The molecule has 2 amide bonds. The van der Waals surface area contributed by atoms with E-state index >= 15 is 0 Å². The summed E-state index contributed by atoms with van der Waals surface area (Å²) in [6, 6.07) is -3.52. The number of carbonyl (C=O) groups is 5. The maximum Gasteiger partial charge on any atom is 0.372 e. The van der Waals surface area contributed by atoms with E-state index in [0.717, 1.165) is 13.8 Å². The van der Waals surface area contributed by atoms with Gasteiger partial charge in [-0.25, -0.2) is 9.59 Å². The van der Waals surface area contributed by atoms with Crippen molar-refractivity contribution in [3.8, 4) is 0 Å². The summed E-state index contributed by atoms with van der Waals surface area (Å²) >= 11 is 0. The summed E-state index contributed by atoms with van der Waals surface area (Å²) in [4.78, 5) is 57.9. The molecule has 0 aromatic carbocycles. The van der Waals surface area contributed by atoms with Gasteiger partial charge in [-0.3, -0.25) is 14.4 Å². The van der Waals surface area contributed by atoms with E-state index in [2.05, 4.69) is 5.32 Å². The number of aliphatic hydroxyl groups is 8. The summed E-state index contributed by atoms with van der Waals surface area (Å²) in [6.45, 7) is -0.429. The molecule has 1 aliphatic rings. The second-order valence-corrected chi connectivity index (χ2v) is 9.42. The fourth-order valence-corrected chi connectivity index (χ4v) is 4.19. The molecule has 0 radical (unpaired) electrons. The fraction of sp³-hybridized carbons (Fsp3) is 0.773. The zero-order valence-corrected chi connectivity index (χ0v) is 21.9. The highest BCUT2D eigenvalue weighted by Gasteiger charge is 2.57. The van der Waals surface area contributed by atoms with Gasteiger partial charge >= 0.3 is 11.9 Å². The van der Waals surface area contributed by atoms with Crippen LogP contribution in [0.4, 0.5) is 0 Å². The van der Waals surface area contributed by atoms with Crippen LogP contribution in [0.1, 0.15) is 26.7 Å². The van der Waals surface area contributed by atoms with Crippen LogP contribution in [0.25, 0.3) is 0 Å². The number of carboxylic acid groups (broad SMARTS) is 2. The van der Waals surface area contributed by atoms with Gasteiger partial charge in [0.05, 0.1) is 37.5 Å². The molecule has 1 aliphatic heterocycles. The largest absolute Gasteiger partial charge is 0.477 e. The van der Waals surface area contributed by atoms with E-state index in [1.165, 1.54) is 0 Å². The Morgan fingerprint density at radius 1 is 0.927 bits per heavy atom. The van der Waals surface area contributed by atoms with Crippen LogP contribution >= 0.6 is 0 Å². The Balaban J connectivity index is 3.40. The minimum atomic E-state index is -3.05. The Morgan fingerprint density at radius 2 is 1.51 bits per heavy atom. The van der Waals surface area contributed by atoms with Gasteiger partial charge in [0.2, 0.25) is 17.6 Å². The lowest BCUT2D eigenvalue weighted by atomic mass is 9.88. The molecule has 0 aliphatic carbocycles. The van der Waals surface area contributed by atoms with E-state index in [1.54, 1.807) is 0 Å². The third-order valence-electron chi connectivity index (χ3n) is 6.22. The van der Waals surface area contributed by atoms with Gasteiger partial charge in [0.15, 0.2) is 0 Å². The number of ether oxygens (including phenoxy) is 2. The molecule has 12 N–H and O–H groups in total. The zero-order chi connectivity index (χ0) is 31.8. The zero-order valence-electron chi connectivity index (χ0n) is 21.9. The summed E-state index contributed by atoms with van der Waals surface area (Å²) in [5.74, 6) is -10.2. The van der Waals surface area contributed by atoms with E-state index in [0.29, 0.717) is 0 Å². The number of amides is 2. The summed E-state index contributed by atoms with van der Waals surface area (Å²) in [5, 5.41) is 105. The summed E-state index contributed by atoms with van der Waals surface area (Å²) in [5.41, 5.74) is 0. The highest BCUT2D eigenvalue weighted by Crippen LogP contribution is 2.35. The minimum Gasteiger partial charge on any atom is -0.477 e. The van der Waals surface area contributed by atoms with Crippen molar-refractivity contribution >= 4 is 29.5 Å². The molecule has 11 atom stereocenters. The Hall–Kier alpha value is -2.85. The van der Waals surface area contributed by atoms with Gasteiger partial charge in [-0.05, 0) is 0 Å². The van der Waals surface area contributed by atoms with Crippen molar-refractivity contribution in [1.29, 1.82) is 0 Å². The number of nitrogens with one attached hydrogen (secondary N) is 2. The molecule has 1 fully saturated rings. The molecule has 0 bridgehead atoms. The van der Waals surface area contributed by atoms with Crippen molar-refractivity contribution in [3.05, 3.63) is 0 Å². The summed E-state index contributed by atoms with van der Waals surface area (Å²) in [7, 11) is 0. The Morgan fingerprint density at radius 3 is 1.95 bits per heavy atom. The highest BCUT2D eigenvalue weighted by molar-refractivity contribution is 6.32. The molecule has 1 saturated heterocycles. The lowest BCUT2D eigenvalue weighted by molar-refractivity contribution is -0.333. The SMILES string of the molecule is CC(=O)NC(C(O)CC(=O)C(=O)O)C(O)C(O)C(CO)O[C@]1(C(=O)O)CC(O)C(NC(C)=O)C(C(O)C(O)CO)O1. The predicted molar refractivity (Wildman–Crippen MR) is 127 cm³/mol. The first-order chi connectivity index (χ1) is 18.9. The number of carboxylic acids is 2. The predicted octanol–water partition coefficient (Wildman–Crippen LogP) is -6.86. The van der Waals surface area contributed by atoms with Gasteiger partial charge in [0, 0.05) is 26.7 Å². The number of ketones is 1. The lowest BCUT2D eigenvalue weighted by Gasteiger charge is -2.48. The molecule has 236 valence electrons. The monoisotopic (exact) mass is 600 g/mol.